The topological polar surface area (TPSA) is 76.7 Å². The zero-order chi connectivity index (χ0) is 15.5. The first-order chi connectivity index (χ1) is 10.2. The van der Waals surface area contributed by atoms with E-state index in [9.17, 15) is 9.59 Å². The number of hydrogen-bond acceptors (Lipinski definition) is 4. The Morgan fingerprint density at radius 1 is 1.10 bits per heavy atom. The van der Waals surface area contributed by atoms with Gasteiger partial charge in [-0.2, -0.15) is 0 Å². The Hall–Kier alpha value is -2.24. The Kier molecular flexibility index (Phi) is 7.71. The first-order valence-corrected chi connectivity index (χ1v) is 7.05. The second-order valence-corrected chi connectivity index (χ2v) is 4.25. The van der Waals surface area contributed by atoms with Gasteiger partial charge in [-0.25, -0.2) is 4.79 Å². The molecule has 116 valence electrons. The number of para-hydroxylation sites is 1. The molecule has 0 bridgehead atoms. The Morgan fingerprint density at radius 2 is 1.81 bits per heavy atom. The molecule has 21 heavy (non-hydrogen) atoms. The number of rotatable bonds is 8. The van der Waals surface area contributed by atoms with Gasteiger partial charge in [-0.05, 0) is 25.0 Å². The van der Waals surface area contributed by atoms with Crippen LogP contribution in [0.3, 0.4) is 0 Å². The Balaban J connectivity index is 2.21. The van der Waals surface area contributed by atoms with Crippen LogP contribution in [0.5, 0.6) is 5.75 Å². The molecule has 2 N–H and O–H groups in total. The van der Waals surface area contributed by atoms with Crippen LogP contribution in [0.25, 0.3) is 0 Å². The van der Waals surface area contributed by atoms with Crippen molar-refractivity contribution in [2.75, 3.05) is 26.3 Å². The van der Waals surface area contributed by atoms with Crippen LogP contribution >= 0.6 is 0 Å². The quantitative estimate of drug-likeness (QED) is 0.712. The van der Waals surface area contributed by atoms with Crippen molar-refractivity contribution in [2.24, 2.45) is 0 Å². The lowest BCUT2D eigenvalue weighted by Gasteiger charge is -2.10. The number of amides is 2. The highest BCUT2D eigenvalue weighted by Crippen LogP contribution is 2.17. The van der Waals surface area contributed by atoms with Gasteiger partial charge < -0.3 is 20.1 Å². The van der Waals surface area contributed by atoms with Gasteiger partial charge in [0.05, 0.1) is 6.61 Å². The molecule has 0 aromatic heterocycles. The molecule has 1 rings (SSSR count). The molecule has 0 atom stereocenters. The van der Waals surface area contributed by atoms with E-state index in [0.717, 1.165) is 17.7 Å². The maximum absolute atomic E-state index is 11.6. The van der Waals surface area contributed by atoms with Gasteiger partial charge in [0.1, 0.15) is 5.75 Å². The summed E-state index contributed by atoms with van der Waals surface area (Å²) in [5, 5.41) is 5.17. The molecule has 0 fully saturated rings. The fourth-order valence-corrected chi connectivity index (χ4v) is 1.68. The van der Waals surface area contributed by atoms with Gasteiger partial charge in [0.25, 0.3) is 5.91 Å². The van der Waals surface area contributed by atoms with Crippen molar-refractivity contribution < 1.29 is 19.1 Å². The van der Waals surface area contributed by atoms with Crippen LogP contribution in [0.1, 0.15) is 19.4 Å². The van der Waals surface area contributed by atoms with Crippen molar-refractivity contribution in [1.82, 2.24) is 10.6 Å². The molecule has 0 saturated heterocycles. The van der Waals surface area contributed by atoms with E-state index in [1.807, 2.05) is 31.2 Å². The lowest BCUT2D eigenvalue weighted by molar-refractivity contribution is -0.123. The first-order valence-electron chi connectivity index (χ1n) is 7.05. The summed E-state index contributed by atoms with van der Waals surface area (Å²) >= 11 is 0. The summed E-state index contributed by atoms with van der Waals surface area (Å²) in [5.74, 6) is 0.492. The highest BCUT2D eigenvalue weighted by Gasteiger charge is 2.05. The van der Waals surface area contributed by atoms with Gasteiger partial charge in [0, 0.05) is 13.1 Å². The van der Waals surface area contributed by atoms with Gasteiger partial charge in [-0.3, -0.25) is 4.79 Å². The largest absolute Gasteiger partial charge is 0.483 e. The van der Waals surface area contributed by atoms with Crippen LogP contribution in [-0.2, 0) is 16.0 Å². The molecule has 0 spiro atoms. The fraction of sp³-hybridized carbons (Fsp3) is 0.467. The number of carbonyl (C=O) groups excluding carboxylic acids is 2. The smallest absolute Gasteiger partial charge is 0.407 e. The van der Waals surface area contributed by atoms with Crippen LogP contribution in [0.2, 0.25) is 0 Å². The van der Waals surface area contributed by atoms with Crippen LogP contribution in [0.15, 0.2) is 24.3 Å². The highest BCUT2D eigenvalue weighted by atomic mass is 16.5. The number of ether oxygens (including phenoxy) is 2. The van der Waals surface area contributed by atoms with E-state index < -0.39 is 6.09 Å². The fourth-order valence-electron chi connectivity index (χ4n) is 1.68. The highest BCUT2D eigenvalue weighted by molar-refractivity contribution is 5.77. The minimum Gasteiger partial charge on any atom is -0.483 e. The SMILES string of the molecule is CCOC(=O)NCCNC(=O)COc1ccccc1CC. The second kappa shape index (κ2) is 9.63. The number of carbonyl (C=O) groups is 2. The molecule has 0 aliphatic carbocycles. The molecule has 0 aliphatic rings. The van der Waals surface area contributed by atoms with Crippen molar-refractivity contribution in [3.05, 3.63) is 29.8 Å². The van der Waals surface area contributed by atoms with Crippen LogP contribution in [-0.4, -0.2) is 38.3 Å². The minimum atomic E-state index is -0.486. The maximum atomic E-state index is 11.6. The minimum absolute atomic E-state index is 0.0452. The number of hydrogen-bond donors (Lipinski definition) is 2. The lowest BCUT2D eigenvalue weighted by atomic mass is 10.1. The summed E-state index contributed by atoms with van der Waals surface area (Å²) in [4.78, 5) is 22.6. The number of alkyl carbamates (subject to hydrolysis) is 1. The molecule has 1 aromatic rings. The predicted molar refractivity (Wildman–Crippen MR) is 79.3 cm³/mol. The second-order valence-electron chi connectivity index (χ2n) is 4.25. The summed E-state index contributed by atoms with van der Waals surface area (Å²) in [6.45, 7) is 4.68. The average molecular weight is 294 g/mol. The molecule has 2 amide bonds. The van der Waals surface area contributed by atoms with E-state index in [1.165, 1.54) is 0 Å². The summed E-state index contributed by atoms with van der Waals surface area (Å²) in [6.07, 6.45) is 0.362. The normalized spacial score (nSPS) is 9.81. The van der Waals surface area contributed by atoms with Gasteiger partial charge >= 0.3 is 6.09 Å². The van der Waals surface area contributed by atoms with Crippen molar-refractivity contribution in [3.63, 3.8) is 0 Å². The van der Waals surface area contributed by atoms with Crippen LogP contribution in [0, 0.1) is 0 Å². The number of benzene rings is 1. The summed E-state index contributed by atoms with van der Waals surface area (Å²) in [7, 11) is 0. The zero-order valence-electron chi connectivity index (χ0n) is 12.5. The molecule has 1 aromatic carbocycles. The van der Waals surface area contributed by atoms with E-state index in [0.29, 0.717) is 19.7 Å². The average Bonchev–Trinajstić information content (AvgIpc) is 2.50. The zero-order valence-corrected chi connectivity index (χ0v) is 12.5. The molecular weight excluding hydrogens is 272 g/mol. The molecule has 0 saturated carbocycles. The van der Waals surface area contributed by atoms with Gasteiger partial charge in [-0.1, -0.05) is 25.1 Å². The van der Waals surface area contributed by atoms with Crippen molar-refractivity contribution in [3.8, 4) is 5.75 Å². The van der Waals surface area contributed by atoms with Crippen molar-refractivity contribution in [2.45, 2.75) is 20.3 Å². The monoisotopic (exact) mass is 294 g/mol. The van der Waals surface area contributed by atoms with E-state index >= 15 is 0 Å². The Morgan fingerprint density at radius 3 is 2.52 bits per heavy atom. The molecule has 0 aliphatic heterocycles. The van der Waals surface area contributed by atoms with E-state index in [4.69, 9.17) is 9.47 Å². The number of aryl methyl sites for hydroxylation is 1. The lowest BCUT2D eigenvalue weighted by Crippen LogP contribution is -2.37. The molecule has 0 radical (unpaired) electrons. The van der Waals surface area contributed by atoms with Gasteiger partial charge in [0.15, 0.2) is 6.61 Å². The molecule has 6 heteroatoms. The van der Waals surface area contributed by atoms with Crippen molar-refractivity contribution >= 4 is 12.0 Å². The first kappa shape index (κ1) is 16.8. The van der Waals surface area contributed by atoms with E-state index in [-0.39, 0.29) is 12.5 Å². The van der Waals surface area contributed by atoms with Crippen LogP contribution in [0.4, 0.5) is 4.79 Å². The third-order valence-corrected chi connectivity index (χ3v) is 2.70. The van der Waals surface area contributed by atoms with Crippen LogP contribution < -0.4 is 15.4 Å². The maximum Gasteiger partial charge on any atom is 0.407 e. The van der Waals surface area contributed by atoms with E-state index in [1.54, 1.807) is 6.92 Å². The standard InChI is InChI=1S/C15H22N2O4/c1-3-12-7-5-6-8-13(12)21-11-14(18)16-9-10-17-15(19)20-4-2/h5-8H,3-4,9-11H2,1-2H3,(H,16,18)(H,17,19). The molecule has 6 nitrogen and oxygen atoms in total. The third-order valence-electron chi connectivity index (χ3n) is 2.70. The molecular formula is C15H22N2O4. The summed E-state index contributed by atoms with van der Waals surface area (Å²) in [6, 6.07) is 7.62. The van der Waals surface area contributed by atoms with Crippen molar-refractivity contribution in [1.29, 1.82) is 0 Å². The third kappa shape index (κ3) is 6.65. The Bertz CT molecular complexity index is 463. The predicted octanol–water partition coefficient (Wildman–Crippen LogP) is 1.49. The van der Waals surface area contributed by atoms with Gasteiger partial charge in [0.2, 0.25) is 0 Å². The number of nitrogens with one attached hydrogen (secondary N) is 2. The summed E-state index contributed by atoms with van der Waals surface area (Å²) in [5.41, 5.74) is 1.06. The summed E-state index contributed by atoms with van der Waals surface area (Å²) < 4.78 is 10.2. The Labute approximate surface area is 124 Å². The molecule has 0 heterocycles. The molecule has 0 unspecified atom stereocenters. The van der Waals surface area contributed by atoms with E-state index in [2.05, 4.69) is 10.6 Å². The van der Waals surface area contributed by atoms with Gasteiger partial charge in [-0.15, -0.1) is 0 Å².